The zero-order valence-corrected chi connectivity index (χ0v) is 9.96. The van der Waals surface area contributed by atoms with E-state index in [1.54, 1.807) is 11.1 Å². The summed E-state index contributed by atoms with van der Waals surface area (Å²) in [6.07, 6.45) is 1.67. The maximum Gasteiger partial charge on any atom is 0.342 e. The fourth-order valence-electron chi connectivity index (χ4n) is 0.969. The molecule has 0 saturated carbocycles. The number of hydrogen-bond acceptors (Lipinski definition) is 6. The van der Waals surface area contributed by atoms with Crippen LogP contribution < -0.4 is 0 Å². The standard InChI is InChI=1S/C9H13N3O2S/c1-6-10-11-8(15-6)7(5-12(2)3)9(13)14-4/h5H,1-4H3. The van der Waals surface area contributed by atoms with Crippen molar-refractivity contribution < 1.29 is 9.53 Å². The first-order valence-corrected chi connectivity index (χ1v) is 5.13. The lowest BCUT2D eigenvalue weighted by molar-refractivity contribution is -0.133. The van der Waals surface area contributed by atoms with Crippen LogP contribution in [0.25, 0.3) is 5.57 Å². The summed E-state index contributed by atoms with van der Waals surface area (Å²) in [6, 6.07) is 0. The van der Waals surface area contributed by atoms with Gasteiger partial charge in [-0.2, -0.15) is 0 Å². The highest BCUT2D eigenvalue weighted by molar-refractivity contribution is 7.12. The van der Waals surface area contributed by atoms with Crippen molar-refractivity contribution in [2.24, 2.45) is 0 Å². The fourth-order valence-corrected chi connectivity index (χ4v) is 1.66. The lowest BCUT2D eigenvalue weighted by Crippen LogP contribution is -2.10. The van der Waals surface area contributed by atoms with Crippen molar-refractivity contribution >= 4 is 22.9 Å². The molecule has 0 spiro atoms. The van der Waals surface area contributed by atoms with Crippen molar-refractivity contribution in [3.8, 4) is 0 Å². The van der Waals surface area contributed by atoms with E-state index < -0.39 is 5.97 Å². The second-order valence-electron chi connectivity index (χ2n) is 3.12. The van der Waals surface area contributed by atoms with Gasteiger partial charge in [0, 0.05) is 20.3 Å². The summed E-state index contributed by atoms with van der Waals surface area (Å²) >= 11 is 1.36. The van der Waals surface area contributed by atoms with Crippen molar-refractivity contribution in [1.29, 1.82) is 0 Å². The Kier molecular flexibility index (Phi) is 3.79. The Morgan fingerprint density at radius 1 is 1.47 bits per heavy atom. The molecule has 1 heterocycles. The number of aromatic nitrogens is 2. The molecule has 0 radical (unpaired) electrons. The van der Waals surface area contributed by atoms with E-state index in [0.717, 1.165) is 5.01 Å². The largest absolute Gasteiger partial charge is 0.465 e. The van der Waals surface area contributed by atoms with Crippen LogP contribution in [0.2, 0.25) is 0 Å². The SMILES string of the molecule is COC(=O)C(=CN(C)C)c1nnc(C)s1. The Labute approximate surface area is 92.4 Å². The van der Waals surface area contributed by atoms with E-state index in [1.807, 2.05) is 21.0 Å². The molecule has 5 nitrogen and oxygen atoms in total. The summed E-state index contributed by atoms with van der Waals surface area (Å²) in [4.78, 5) is 13.2. The van der Waals surface area contributed by atoms with E-state index in [-0.39, 0.29) is 0 Å². The van der Waals surface area contributed by atoms with Crippen molar-refractivity contribution in [1.82, 2.24) is 15.1 Å². The second kappa shape index (κ2) is 4.88. The normalized spacial score (nSPS) is 11.3. The van der Waals surface area contributed by atoms with Crippen LogP contribution in [-0.2, 0) is 9.53 Å². The molecule has 0 aliphatic rings. The highest BCUT2D eigenvalue weighted by Crippen LogP contribution is 2.20. The average molecular weight is 227 g/mol. The molecule has 0 aromatic carbocycles. The maximum atomic E-state index is 11.5. The first kappa shape index (κ1) is 11.6. The van der Waals surface area contributed by atoms with Crippen molar-refractivity contribution in [2.75, 3.05) is 21.2 Å². The Morgan fingerprint density at radius 2 is 2.13 bits per heavy atom. The molecular formula is C9H13N3O2S. The van der Waals surface area contributed by atoms with E-state index in [2.05, 4.69) is 14.9 Å². The van der Waals surface area contributed by atoms with Crippen LogP contribution in [0, 0.1) is 6.92 Å². The van der Waals surface area contributed by atoms with Crippen LogP contribution in [0.15, 0.2) is 6.20 Å². The number of rotatable bonds is 3. The summed E-state index contributed by atoms with van der Waals surface area (Å²) in [5.41, 5.74) is 0.424. The minimum Gasteiger partial charge on any atom is -0.465 e. The van der Waals surface area contributed by atoms with Gasteiger partial charge in [0.1, 0.15) is 10.6 Å². The summed E-state index contributed by atoms with van der Waals surface area (Å²) in [7, 11) is 5.01. The third-order valence-electron chi connectivity index (χ3n) is 1.55. The number of carbonyl (C=O) groups excluding carboxylic acids is 1. The van der Waals surface area contributed by atoms with Gasteiger partial charge in [-0.05, 0) is 6.92 Å². The van der Waals surface area contributed by atoms with Gasteiger partial charge in [-0.25, -0.2) is 4.79 Å². The van der Waals surface area contributed by atoms with Crippen LogP contribution in [0.3, 0.4) is 0 Å². The van der Waals surface area contributed by atoms with Crippen LogP contribution in [0.1, 0.15) is 10.0 Å². The quantitative estimate of drug-likeness (QED) is 0.568. The van der Waals surface area contributed by atoms with Crippen molar-refractivity contribution in [2.45, 2.75) is 6.92 Å². The molecule has 0 fully saturated rings. The minimum absolute atomic E-state index is 0.403. The number of aryl methyl sites for hydroxylation is 1. The Balaban J connectivity index is 3.07. The summed E-state index contributed by atoms with van der Waals surface area (Å²) in [5, 5.41) is 9.17. The van der Waals surface area contributed by atoms with E-state index in [1.165, 1.54) is 18.4 Å². The molecule has 0 bridgehead atoms. The van der Waals surface area contributed by atoms with Gasteiger partial charge in [-0.1, -0.05) is 11.3 Å². The molecule has 0 saturated heterocycles. The summed E-state index contributed by atoms with van der Waals surface area (Å²) < 4.78 is 4.68. The number of ether oxygens (including phenoxy) is 1. The topological polar surface area (TPSA) is 55.3 Å². The lowest BCUT2D eigenvalue weighted by Gasteiger charge is -2.07. The summed E-state index contributed by atoms with van der Waals surface area (Å²) in [6.45, 7) is 1.84. The van der Waals surface area contributed by atoms with Gasteiger partial charge in [0.25, 0.3) is 0 Å². The molecular weight excluding hydrogens is 214 g/mol. The first-order valence-electron chi connectivity index (χ1n) is 4.31. The smallest absolute Gasteiger partial charge is 0.342 e. The number of nitrogens with zero attached hydrogens (tertiary/aromatic N) is 3. The van der Waals surface area contributed by atoms with E-state index in [9.17, 15) is 4.79 Å². The van der Waals surface area contributed by atoms with Crippen LogP contribution in [0.5, 0.6) is 0 Å². The number of carbonyl (C=O) groups is 1. The van der Waals surface area contributed by atoms with E-state index in [4.69, 9.17) is 0 Å². The Morgan fingerprint density at radius 3 is 2.53 bits per heavy atom. The van der Waals surface area contributed by atoms with E-state index >= 15 is 0 Å². The third kappa shape index (κ3) is 3.02. The van der Waals surface area contributed by atoms with Gasteiger partial charge < -0.3 is 9.64 Å². The minimum atomic E-state index is -0.403. The van der Waals surface area contributed by atoms with Gasteiger partial charge in [-0.3, -0.25) is 0 Å². The fraction of sp³-hybridized carbons (Fsp3) is 0.444. The number of methoxy groups -OCH3 is 1. The molecule has 82 valence electrons. The monoisotopic (exact) mass is 227 g/mol. The van der Waals surface area contributed by atoms with Gasteiger partial charge in [0.15, 0.2) is 5.01 Å². The molecule has 0 aliphatic carbocycles. The average Bonchev–Trinajstić information content (AvgIpc) is 2.59. The highest BCUT2D eigenvalue weighted by Gasteiger charge is 2.16. The molecule has 1 aromatic rings. The molecule has 0 aliphatic heterocycles. The molecule has 0 unspecified atom stereocenters. The predicted molar refractivity (Wildman–Crippen MR) is 58.3 cm³/mol. The lowest BCUT2D eigenvalue weighted by atomic mass is 10.3. The molecule has 1 rings (SSSR count). The van der Waals surface area contributed by atoms with E-state index in [0.29, 0.717) is 10.6 Å². The van der Waals surface area contributed by atoms with Gasteiger partial charge in [0.05, 0.1) is 7.11 Å². The van der Waals surface area contributed by atoms with Gasteiger partial charge in [0.2, 0.25) is 0 Å². The molecule has 0 atom stereocenters. The molecule has 0 N–H and O–H groups in total. The molecule has 0 amide bonds. The first-order chi connectivity index (χ1) is 7.04. The van der Waals surface area contributed by atoms with Gasteiger partial charge >= 0.3 is 5.97 Å². The second-order valence-corrected chi connectivity index (χ2v) is 4.31. The van der Waals surface area contributed by atoms with Crippen molar-refractivity contribution in [3.05, 3.63) is 16.2 Å². The zero-order valence-electron chi connectivity index (χ0n) is 9.14. The zero-order chi connectivity index (χ0) is 11.4. The molecule has 15 heavy (non-hydrogen) atoms. The molecule has 6 heteroatoms. The third-order valence-corrected chi connectivity index (χ3v) is 2.42. The Hall–Kier alpha value is -1.43. The highest BCUT2D eigenvalue weighted by atomic mass is 32.1. The predicted octanol–water partition coefficient (Wildman–Crippen LogP) is 0.922. The summed E-state index contributed by atoms with van der Waals surface area (Å²) in [5.74, 6) is -0.403. The van der Waals surface area contributed by atoms with Crippen molar-refractivity contribution in [3.63, 3.8) is 0 Å². The van der Waals surface area contributed by atoms with Crippen LogP contribution >= 0.6 is 11.3 Å². The maximum absolute atomic E-state index is 11.5. The van der Waals surface area contributed by atoms with Crippen LogP contribution in [0.4, 0.5) is 0 Å². The van der Waals surface area contributed by atoms with Crippen LogP contribution in [-0.4, -0.2) is 42.3 Å². The van der Waals surface area contributed by atoms with Gasteiger partial charge in [-0.15, -0.1) is 10.2 Å². The number of esters is 1. The Bertz CT molecular complexity index is 384. The number of hydrogen-bond donors (Lipinski definition) is 0. The molecule has 1 aromatic heterocycles.